The van der Waals surface area contributed by atoms with Crippen LogP contribution in [-0.2, 0) is 0 Å². The van der Waals surface area contributed by atoms with Crippen molar-refractivity contribution in [3.8, 4) is 5.75 Å². The van der Waals surface area contributed by atoms with E-state index in [1.54, 1.807) is 0 Å². The fraction of sp³-hybridized carbons (Fsp3) is 0.647. The van der Waals surface area contributed by atoms with Gasteiger partial charge in [0.2, 0.25) is 0 Å². The largest absolute Gasteiger partial charge is 0.508 e. The number of likely N-dealkylation sites (tertiary alicyclic amines) is 1. The summed E-state index contributed by atoms with van der Waals surface area (Å²) >= 11 is 0. The van der Waals surface area contributed by atoms with Crippen LogP contribution in [0.5, 0.6) is 5.75 Å². The molecule has 0 aliphatic carbocycles. The van der Waals surface area contributed by atoms with Crippen molar-refractivity contribution in [2.45, 2.75) is 45.1 Å². The van der Waals surface area contributed by atoms with Crippen LogP contribution in [0.3, 0.4) is 0 Å². The molecular formula is C17H26N2O. The summed E-state index contributed by atoms with van der Waals surface area (Å²) in [6.07, 6.45) is 6.69. The summed E-state index contributed by atoms with van der Waals surface area (Å²) in [6, 6.07) is 6.85. The Labute approximate surface area is 122 Å². The highest BCUT2D eigenvalue weighted by atomic mass is 16.3. The van der Waals surface area contributed by atoms with E-state index >= 15 is 0 Å². The topological polar surface area (TPSA) is 26.7 Å². The van der Waals surface area contributed by atoms with Crippen LogP contribution in [0.1, 0.15) is 37.7 Å². The van der Waals surface area contributed by atoms with Crippen LogP contribution < -0.4 is 4.90 Å². The predicted molar refractivity (Wildman–Crippen MR) is 83.5 cm³/mol. The third-order valence-electron chi connectivity index (χ3n) is 4.93. The Morgan fingerprint density at radius 1 is 1.00 bits per heavy atom. The first kappa shape index (κ1) is 13.7. The zero-order chi connectivity index (χ0) is 13.9. The minimum absolute atomic E-state index is 0.417. The van der Waals surface area contributed by atoms with E-state index in [0.717, 1.165) is 24.7 Å². The molecule has 3 nitrogen and oxygen atoms in total. The van der Waals surface area contributed by atoms with E-state index in [1.807, 2.05) is 19.1 Å². The minimum Gasteiger partial charge on any atom is -0.508 e. The highest BCUT2D eigenvalue weighted by Crippen LogP contribution is 2.28. The number of phenolic OH excluding ortho intramolecular Hbond substituents is 1. The average molecular weight is 274 g/mol. The van der Waals surface area contributed by atoms with E-state index in [4.69, 9.17) is 0 Å². The molecule has 0 amide bonds. The third-order valence-corrected chi connectivity index (χ3v) is 4.93. The van der Waals surface area contributed by atoms with E-state index < -0.39 is 0 Å². The van der Waals surface area contributed by atoms with E-state index in [-0.39, 0.29) is 0 Å². The van der Waals surface area contributed by atoms with Crippen molar-refractivity contribution < 1.29 is 5.11 Å². The molecule has 110 valence electrons. The fourth-order valence-corrected chi connectivity index (χ4v) is 3.57. The van der Waals surface area contributed by atoms with Gasteiger partial charge in [0, 0.05) is 30.9 Å². The van der Waals surface area contributed by atoms with Crippen molar-refractivity contribution in [3.63, 3.8) is 0 Å². The summed E-state index contributed by atoms with van der Waals surface area (Å²) in [7, 11) is 0. The third kappa shape index (κ3) is 2.93. The summed E-state index contributed by atoms with van der Waals surface area (Å²) < 4.78 is 0. The quantitative estimate of drug-likeness (QED) is 0.897. The number of nitrogens with zero attached hydrogens (tertiary/aromatic N) is 2. The van der Waals surface area contributed by atoms with Gasteiger partial charge in [-0.2, -0.15) is 0 Å². The van der Waals surface area contributed by atoms with Gasteiger partial charge in [-0.25, -0.2) is 0 Å². The van der Waals surface area contributed by atoms with Gasteiger partial charge in [0.1, 0.15) is 5.75 Å². The lowest BCUT2D eigenvalue weighted by molar-refractivity contribution is 0.141. The number of hydrogen-bond donors (Lipinski definition) is 1. The normalized spacial score (nSPS) is 22.1. The van der Waals surface area contributed by atoms with E-state index in [0.29, 0.717) is 5.75 Å². The van der Waals surface area contributed by atoms with Gasteiger partial charge in [-0.3, -0.25) is 0 Å². The fourth-order valence-electron chi connectivity index (χ4n) is 3.57. The van der Waals surface area contributed by atoms with Crippen molar-refractivity contribution in [3.05, 3.63) is 23.8 Å². The van der Waals surface area contributed by atoms with Gasteiger partial charge in [0.25, 0.3) is 0 Å². The van der Waals surface area contributed by atoms with Gasteiger partial charge in [0.05, 0.1) is 0 Å². The molecule has 0 spiro atoms. The number of rotatable bonds is 2. The monoisotopic (exact) mass is 274 g/mol. The molecule has 2 aliphatic rings. The van der Waals surface area contributed by atoms with Crippen LogP contribution in [0.15, 0.2) is 18.2 Å². The lowest BCUT2D eigenvalue weighted by Crippen LogP contribution is -2.46. The second-order valence-electron chi connectivity index (χ2n) is 6.29. The number of phenols is 1. The highest BCUT2D eigenvalue weighted by molar-refractivity contribution is 5.53. The number of aromatic hydroxyl groups is 1. The van der Waals surface area contributed by atoms with Crippen molar-refractivity contribution in [2.24, 2.45) is 0 Å². The predicted octanol–water partition coefficient (Wildman–Crippen LogP) is 3.16. The van der Waals surface area contributed by atoms with Crippen LogP contribution in [0, 0.1) is 6.92 Å². The summed E-state index contributed by atoms with van der Waals surface area (Å²) in [6.45, 7) is 6.78. The number of anilines is 1. The van der Waals surface area contributed by atoms with Gasteiger partial charge >= 0.3 is 0 Å². The molecule has 1 N–H and O–H groups in total. The molecule has 0 radical (unpaired) electrons. The SMILES string of the molecule is Cc1ccc(N2CCC(N3CCCCC3)CC2)cc1O. The minimum atomic E-state index is 0.417. The zero-order valence-corrected chi connectivity index (χ0v) is 12.5. The first-order chi connectivity index (χ1) is 9.74. The van der Waals surface area contributed by atoms with Crippen molar-refractivity contribution >= 4 is 5.69 Å². The molecule has 3 heteroatoms. The first-order valence-electron chi connectivity index (χ1n) is 8.02. The lowest BCUT2D eigenvalue weighted by atomic mass is 9.99. The maximum atomic E-state index is 9.85. The molecule has 2 saturated heterocycles. The molecule has 0 bridgehead atoms. The van der Waals surface area contributed by atoms with E-state index in [9.17, 15) is 5.11 Å². The van der Waals surface area contributed by atoms with Crippen molar-refractivity contribution in [2.75, 3.05) is 31.1 Å². The van der Waals surface area contributed by atoms with Crippen LogP contribution in [0.4, 0.5) is 5.69 Å². The number of hydrogen-bond acceptors (Lipinski definition) is 3. The molecule has 0 unspecified atom stereocenters. The Bertz CT molecular complexity index is 446. The Balaban J connectivity index is 1.58. The van der Waals surface area contributed by atoms with Gasteiger partial charge in [-0.1, -0.05) is 12.5 Å². The second kappa shape index (κ2) is 6.04. The van der Waals surface area contributed by atoms with Crippen LogP contribution in [0.2, 0.25) is 0 Å². The van der Waals surface area contributed by atoms with E-state index in [2.05, 4.69) is 15.9 Å². The molecule has 2 heterocycles. The Hall–Kier alpha value is -1.22. The molecule has 0 aromatic heterocycles. The molecule has 2 fully saturated rings. The maximum Gasteiger partial charge on any atom is 0.120 e. The van der Waals surface area contributed by atoms with Crippen LogP contribution in [-0.4, -0.2) is 42.2 Å². The molecule has 2 aliphatic heterocycles. The Morgan fingerprint density at radius 3 is 2.35 bits per heavy atom. The first-order valence-corrected chi connectivity index (χ1v) is 8.02. The number of aryl methyl sites for hydroxylation is 1. The van der Waals surface area contributed by atoms with Gasteiger partial charge < -0.3 is 14.9 Å². The Kier molecular flexibility index (Phi) is 4.16. The molecule has 0 atom stereocenters. The molecule has 0 saturated carbocycles. The summed E-state index contributed by atoms with van der Waals surface area (Å²) in [5.41, 5.74) is 2.13. The summed E-state index contributed by atoms with van der Waals surface area (Å²) in [5, 5.41) is 9.85. The molecule has 20 heavy (non-hydrogen) atoms. The van der Waals surface area contributed by atoms with Gasteiger partial charge in [-0.15, -0.1) is 0 Å². The Morgan fingerprint density at radius 2 is 1.70 bits per heavy atom. The number of benzene rings is 1. The average Bonchev–Trinajstić information content (AvgIpc) is 2.51. The van der Waals surface area contributed by atoms with Gasteiger partial charge in [-0.05, 0) is 57.3 Å². The van der Waals surface area contributed by atoms with E-state index in [1.165, 1.54) is 50.9 Å². The second-order valence-corrected chi connectivity index (χ2v) is 6.29. The van der Waals surface area contributed by atoms with Crippen LogP contribution >= 0.6 is 0 Å². The standard InChI is InChI=1S/C17H26N2O/c1-14-5-6-16(13-17(14)20)19-11-7-15(8-12-19)18-9-3-2-4-10-18/h5-6,13,15,20H,2-4,7-12H2,1H3. The van der Waals surface area contributed by atoms with Crippen molar-refractivity contribution in [1.82, 2.24) is 4.90 Å². The van der Waals surface area contributed by atoms with Crippen LogP contribution in [0.25, 0.3) is 0 Å². The highest BCUT2D eigenvalue weighted by Gasteiger charge is 2.25. The smallest absolute Gasteiger partial charge is 0.120 e. The van der Waals surface area contributed by atoms with Crippen molar-refractivity contribution in [1.29, 1.82) is 0 Å². The molecule has 3 rings (SSSR count). The maximum absolute atomic E-state index is 9.85. The number of piperidine rings is 2. The van der Waals surface area contributed by atoms with Gasteiger partial charge in [0.15, 0.2) is 0 Å². The summed E-state index contributed by atoms with van der Waals surface area (Å²) in [5.74, 6) is 0.417. The zero-order valence-electron chi connectivity index (χ0n) is 12.5. The summed E-state index contributed by atoms with van der Waals surface area (Å²) in [4.78, 5) is 5.12. The molecule has 1 aromatic carbocycles. The molecule has 1 aromatic rings. The lowest BCUT2D eigenvalue weighted by Gasteiger charge is -2.41. The molecular weight excluding hydrogens is 248 g/mol.